The van der Waals surface area contributed by atoms with E-state index in [2.05, 4.69) is 10.9 Å². The van der Waals surface area contributed by atoms with Gasteiger partial charge in [-0.3, -0.25) is 10.2 Å². The highest BCUT2D eigenvalue weighted by molar-refractivity contribution is 6.35. The van der Waals surface area contributed by atoms with Crippen LogP contribution in [0.1, 0.15) is 26.3 Å². The van der Waals surface area contributed by atoms with Crippen LogP contribution in [-0.4, -0.2) is 5.91 Å². The maximum Gasteiger partial charge on any atom is 0.239 e. The van der Waals surface area contributed by atoms with Crippen molar-refractivity contribution in [3.05, 3.63) is 33.8 Å². The number of carbonyl (C=O) groups excluding carboxylic acids is 1. The molecule has 0 aliphatic rings. The van der Waals surface area contributed by atoms with Crippen LogP contribution in [0.4, 0.5) is 0 Å². The van der Waals surface area contributed by atoms with Gasteiger partial charge >= 0.3 is 0 Å². The van der Waals surface area contributed by atoms with Crippen LogP contribution in [0.2, 0.25) is 10.0 Å². The summed E-state index contributed by atoms with van der Waals surface area (Å²) in [6, 6.07) is 5.30. The zero-order chi connectivity index (χ0) is 13.1. The number of rotatable bonds is 3. The van der Waals surface area contributed by atoms with Crippen LogP contribution in [0.15, 0.2) is 18.2 Å². The topological polar surface area (TPSA) is 41.1 Å². The summed E-state index contributed by atoms with van der Waals surface area (Å²) in [5, 5.41) is 1.16. The Bertz CT molecular complexity index is 393. The molecule has 3 nitrogen and oxygen atoms in total. The SMILES string of the molecule is CC(C)(C)C(=O)NNCc1c(Cl)cccc1Cl. The van der Waals surface area contributed by atoms with Crippen molar-refractivity contribution in [2.75, 3.05) is 0 Å². The van der Waals surface area contributed by atoms with E-state index in [-0.39, 0.29) is 5.91 Å². The molecule has 0 aliphatic carbocycles. The van der Waals surface area contributed by atoms with Crippen molar-refractivity contribution in [1.82, 2.24) is 10.9 Å². The Kier molecular flexibility index (Phi) is 4.80. The summed E-state index contributed by atoms with van der Waals surface area (Å²) in [6.07, 6.45) is 0. The molecule has 0 heterocycles. The third-order valence-electron chi connectivity index (χ3n) is 2.21. The first-order valence-electron chi connectivity index (χ1n) is 5.28. The summed E-state index contributed by atoms with van der Waals surface area (Å²) >= 11 is 12.0. The third kappa shape index (κ3) is 4.19. The van der Waals surface area contributed by atoms with E-state index >= 15 is 0 Å². The second kappa shape index (κ2) is 5.71. The van der Waals surface area contributed by atoms with Gasteiger partial charge in [0.25, 0.3) is 0 Å². The molecule has 1 aromatic rings. The summed E-state index contributed by atoms with van der Waals surface area (Å²) < 4.78 is 0. The predicted octanol–water partition coefficient (Wildman–Crippen LogP) is 3.16. The maximum atomic E-state index is 11.6. The minimum absolute atomic E-state index is 0.0827. The van der Waals surface area contributed by atoms with Crippen molar-refractivity contribution >= 4 is 29.1 Å². The van der Waals surface area contributed by atoms with Crippen LogP contribution in [0.5, 0.6) is 0 Å². The molecule has 0 aliphatic heterocycles. The number of hydrazine groups is 1. The zero-order valence-corrected chi connectivity index (χ0v) is 11.6. The Labute approximate surface area is 111 Å². The van der Waals surface area contributed by atoms with Gasteiger partial charge in [-0.1, -0.05) is 50.0 Å². The quantitative estimate of drug-likeness (QED) is 0.832. The first-order chi connectivity index (χ1) is 7.82. The maximum absolute atomic E-state index is 11.6. The number of nitrogens with one attached hydrogen (secondary N) is 2. The Morgan fingerprint density at radius 2 is 1.76 bits per heavy atom. The van der Waals surface area contributed by atoms with Gasteiger partial charge in [-0.15, -0.1) is 0 Å². The third-order valence-corrected chi connectivity index (χ3v) is 2.92. The van der Waals surface area contributed by atoms with E-state index in [1.165, 1.54) is 0 Å². The molecule has 0 unspecified atom stereocenters. The van der Waals surface area contributed by atoms with Gasteiger partial charge in [0.1, 0.15) is 0 Å². The molecule has 17 heavy (non-hydrogen) atoms. The first kappa shape index (κ1) is 14.3. The summed E-state index contributed by atoms with van der Waals surface area (Å²) in [5.41, 5.74) is 5.78. The Morgan fingerprint density at radius 1 is 1.24 bits per heavy atom. The lowest BCUT2D eigenvalue weighted by atomic mass is 9.96. The lowest BCUT2D eigenvalue weighted by Gasteiger charge is -2.18. The number of carbonyl (C=O) groups is 1. The monoisotopic (exact) mass is 274 g/mol. The van der Waals surface area contributed by atoms with Gasteiger partial charge in [-0.2, -0.15) is 0 Å². The van der Waals surface area contributed by atoms with Crippen LogP contribution >= 0.6 is 23.2 Å². The summed E-state index contributed by atoms with van der Waals surface area (Å²) in [5.74, 6) is -0.0827. The van der Waals surface area contributed by atoms with E-state index in [1.807, 2.05) is 20.8 Å². The molecule has 0 aromatic heterocycles. The largest absolute Gasteiger partial charge is 0.291 e. The molecule has 0 bridgehead atoms. The van der Waals surface area contributed by atoms with Gasteiger partial charge < -0.3 is 0 Å². The van der Waals surface area contributed by atoms with E-state index in [9.17, 15) is 4.79 Å². The summed E-state index contributed by atoms with van der Waals surface area (Å²) in [4.78, 5) is 11.6. The molecule has 0 saturated heterocycles. The Morgan fingerprint density at radius 3 is 2.24 bits per heavy atom. The first-order valence-corrected chi connectivity index (χ1v) is 6.04. The average molecular weight is 275 g/mol. The molecule has 94 valence electrons. The van der Waals surface area contributed by atoms with Crippen LogP contribution in [0, 0.1) is 5.41 Å². The van der Waals surface area contributed by atoms with Gasteiger partial charge in [-0.25, -0.2) is 5.43 Å². The molecular formula is C12H16Cl2N2O. The fraction of sp³-hybridized carbons (Fsp3) is 0.417. The van der Waals surface area contributed by atoms with Gasteiger partial charge in [0, 0.05) is 27.6 Å². The van der Waals surface area contributed by atoms with Crippen molar-refractivity contribution in [2.24, 2.45) is 5.41 Å². The van der Waals surface area contributed by atoms with Crippen LogP contribution in [-0.2, 0) is 11.3 Å². The average Bonchev–Trinajstić information content (AvgIpc) is 2.20. The minimum atomic E-state index is -0.433. The van der Waals surface area contributed by atoms with E-state index < -0.39 is 5.41 Å². The number of hydrogen-bond acceptors (Lipinski definition) is 2. The summed E-state index contributed by atoms with van der Waals surface area (Å²) in [7, 11) is 0. The molecule has 0 radical (unpaired) electrons. The fourth-order valence-corrected chi connectivity index (χ4v) is 1.63. The van der Waals surface area contributed by atoms with Crippen molar-refractivity contribution in [3.63, 3.8) is 0 Å². The molecule has 2 N–H and O–H groups in total. The molecule has 1 aromatic carbocycles. The minimum Gasteiger partial charge on any atom is -0.291 e. The fourth-order valence-electron chi connectivity index (χ4n) is 1.10. The highest BCUT2D eigenvalue weighted by atomic mass is 35.5. The van der Waals surface area contributed by atoms with Crippen molar-refractivity contribution in [1.29, 1.82) is 0 Å². The smallest absolute Gasteiger partial charge is 0.239 e. The Balaban J connectivity index is 2.55. The zero-order valence-electron chi connectivity index (χ0n) is 10.1. The highest BCUT2D eigenvalue weighted by Crippen LogP contribution is 2.23. The number of halogens is 2. The van der Waals surface area contributed by atoms with Crippen LogP contribution in [0.25, 0.3) is 0 Å². The number of hydrogen-bond donors (Lipinski definition) is 2. The molecule has 1 rings (SSSR count). The summed E-state index contributed by atoms with van der Waals surface area (Å²) in [6.45, 7) is 5.91. The van der Waals surface area contributed by atoms with Crippen molar-refractivity contribution in [2.45, 2.75) is 27.3 Å². The molecule has 0 atom stereocenters. The standard InChI is InChI=1S/C12H16Cl2N2O/c1-12(2,3)11(17)16-15-7-8-9(13)5-4-6-10(8)14/h4-6,15H,7H2,1-3H3,(H,16,17). The molecule has 0 saturated carbocycles. The lowest BCUT2D eigenvalue weighted by molar-refractivity contribution is -0.129. The van der Waals surface area contributed by atoms with E-state index in [4.69, 9.17) is 23.2 Å². The Hall–Kier alpha value is -0.770. The molecule has 0 spiro atoms. The lowest BCUT2D eigenvalue weighted by Crippen LogP contribution is -2.43. The van der Waals surface area contributed by atoms with E-state index in [0.717, 1.165) is 5.56 Å². The van der Waals surface area contributed by atoms with Gasteiger partial charge in [0.05, 0.1) is 0 Å². The molecular weight excluding hydrogens is 259 g/mol. The van der Waals surface area contributed by atoms with Gasteiger partial charge in [0.2, 0.25) is 5.91 Å². The van der Waals surface area contributed by atoms with E-state index in [0.29, 0.717) is 16.6 Å². The normalized spacial score (nSPS) is 11.4. The molecule has 0 fully saturated rings. The number of amides is 1. The van der Waals surface area contributed by atoms with Crippen molar-refractivity contribution < 1.29 is 4.79 Å². The number of benzene rings is 1. The molecule has 5 heteroatoms. The van der Waals surface area contributed by atoms with Gasteiger partial charge in [0.15, 0.2) is 0 Å². The van der Waals surface area contributed by atoms with Crippen molar-refractivity contribution in [3.8, 4) is 0 Å². The predicted molar refractivity (Wildman–Crippen MR) is 70.9 cm³/mol. The van der Waals surface area contributed by atoms with E-state index in [1.54, 1.807) is 18.2 Å². The second-order valence-electron chi connectivity index (χ2n) is 4.76. The van der Waals surface area contributed by atoms with Crippen LogP contribution in [0.3, 0.4) is 0 Å². The second-order valence-corrected chi connectivity index (χ2v) is 5.57. The highest BCUT2D eigenvalue weighted by Gasteiger charge is 2.20. The molecule has 1 amide bonds. The van der Waals surface area contributed by atoms with Crippen LogP contribution < -0.4 is 10.9 Å². The van der Waals surface area contributed by atoms with Gasteiger partial charge in [-0.05, 0) is 12.1 Å².